The van der Waals surface area contributed by atoms with E-state index in [0.29, 0.717) is 13.2 Å². The Morgan fingerprint density at radius 3 is 2.85 bits per heavy atom. The van der Waals surface area contributed by atoms with Gasteiger partial charge in [-0.3, -0.25) is 0 Å². The lowest BCUT2D eigenvalue weighted by Gasteiger charge is -2.32. The summed E-state index contributed by atoms with van der Waals surface area (Å²) >= 11 is 0. The van der Waals surface area contributed by atoms with E-state index in [2.05, 4.69) is 5.32 Å². The average Bonchev–Trinajstić information content (AvgIpc) is 3.01. The van der Waals surface area contributed by atoms with Crippen LogP contribution in [-0.2, 0) is 11.3 Å². The number of hydrogen-bond donors (Lipinski definition) is 2. The highest BCUT2D eigenvalue weighted by Crippen LogP contribution is 2.52. The van der Waals surface area contributed by atoms with E-state index in [1.54, 1.807) is 0 Å². The second-order valence-corrected chi connectivity index (χ2v) is 6.23. The number of alkyl carbamates (subject to hydrolysis) is 1. The van der Waals surface area contributed by atoms with E-state index in [-0.39, 0.29) is 17.6 Å². The molecule has 2 aliphatic rings. The monoisotopic (exact) mass is 274 g/mol. The predicted octanol–water partition coefficient (Wildman–Crippen LogP) is 2.43. The number of benzene rings is 1. The van der Waals surface area contributed by atoms with Crippen LogP contribution in [0.1, 0.15) is 31.2 Å². The number of fused-ring (bicyclic) bond motifs is 2. The minimum atomic E-state index is -0.342. The van der Waals surface area contributed by atoms with Gasteiger partial charge in [-0.05, 0) is 37.2 Å². The zero-order valence-electron chi connectivity index (χ0n) is 11.7. The summed E-state index contributed by atoms with van der Waals surface area (Å²) in [5.74, 6) is 0.770. The van der Waals surface area contributed by atoms with Gasteiger partial charge in [0, 0.05) is 18.0 Å². The molecule has 2 saturated carbocycles. The van der Waals surface area contributed by atoms with Crippen LogP contribution in [0, 0.1) is 11.3 Å². The number of hydrogen-bond acceptors (Lipinski definition) is 3. The quantitative estimate of drug-likeness (QED) is 0.886. The minimum Gasteiger partial charge on any atom is -0.445 e. The van der Waals surface area contributed by atoms with Crippen LogP contribution in [0.3, 0.4) is 0 Å². The van der Waals surface area contributed by atoms with Crippen LogP contribution in [0.4, 0.5) is 4.79 Å². The summed E-state index contributed by atoms with van der Waals surface area (Å²) in [5.41, 5.74) is 7.33. The first kappa shape index (κ1) is 13.4. The molecule has 0 spiro atoms. The molecule has 2 fully saturated rings. The SMILES string of the molecule is NC1CC2CCC1(CNC(=O)OCc1ccccc1)C2. The summed E-state index contributed by atoms with van der Waals surface area (Å²) in [4.78, 5) is 11.8. The van der Waals surface area contributed by atoms with E-state index in [1.807, 2.05) is 30.3 Å². The molecule has 0 radical (unpaired) electrons. The third-order valence-corrected chi connectivity index (χ3v) is 4.92. The Kier molecular flexibility index (Phi) is 3.66. The molecule has 20 heavy (non-hydrogen) atoms. The van der Waals surface area contributed by atoms with E-state index in [4.69, 9.17) is 10.5 Å². The Balaban J connectivity index is 1.46. The Bertz CT molecular complexity index is 477. The van der Waals surface area contributed by atoms with Crippen molar-refractivity contribution >= 4 is 6.09 Å². The summed E-state index contributed by atoms with van der Waals surface area (Å²) in [6, 6.07) is 9.94. The summed E-state index contributed by atoms with van der Waals surface area (Å²) in [7, 11) is 0. The van der Waals surface area contributed by atoms with Crippen molar-refractivity contribution in [2.24, 2.45) is 17.1 Å². The van der Waals surface area contributed by atoms with Crippen molar-refractivity contribution in [3.05, 3.63) is 35.9 Å². The van der Waals surface area contributed by atoms with Crippen molar-refractivity contribution < 1.29 is 9.53 Å². The molecule has 1 aromatic carbocycles. The maximum atomic E-state index is 11.8. The lowest BCUT2D eigenvalue weighted by atomic mass is 9.80. The van der Waals surface area contributed by atoms with Crippen molar-refractivity contribution in [1.29, 1.82) is 0 Å². The molecular weight excluding hydrogens is 252 g/mol. The fourth-order valence-electron chi connectivity index (χ4n) is 3.73. The third-order valence-electron chi connectivity index (χ3n) is 4.92. The highest BCUT2D eigenvalue weighted by atomic mass is 16.5. The van der Waals surface area contributed by atoms with E-state index < -0.39 is 0 Å². The second-order valence-electron chi connectivity index (χ2n) is 6.23. The molecule has 2 bridgehead atoms. The third kappa shape index (κ3) is 2.66. The molecule has 3 rings (SSSR count). The molecule has 1 aromatic rings. The van der Waals surface area contributed by atoms with Crippen LogP contribution < -0.4 is 11.1 Å². The molecule has 3 N–H and O–H groups in total. The zero-order valence-corrected chi connectivity index (χ0v) is 11.7. The van der Waals surface area contributed by atoms with Crippen LogP contribution in [0.25, 0.3) is 0 Å². The molecular formula is C16H22N2O2. The summed E-state index contributed by atoms with van der Waals surface area (Å²) in [6.07, 6.45) is 4.32. The van der Waals surface area contributed by atoms with Gasteiger partial charge in [-0.2, -0.15) is 0 Å². The molecule has 0 aliphatic heterocycles. The second kappa shape index (κ2) is 5.44. The fourth-order valence-corrected chi connectivity index (χ4v) is 3.73. The van der Waals surface area contributed by atoms with Crippen LogP contribution in [0.15, 0.2) is 30.3 Å². The fraction of sp³-hybridized carbons (Fsp3) is 0.562. The molecule has 4 nitrogen and oxygen atoms in total. The number of nitrogens with one attached hydrogen (secondary N) is 1. The zero-order chi connectivity index (χ0) is 14.0. The Hall–Kier alpha value is -1.55. The molecule has 4 heteroatoms. The topological polar surface area (TPSA) is 64.3 Å². The molecule has 3 unspecified atom stereocenters. The molecule has 0 aromatic heterocycles. The molecule has 3 atom stereocenters. The van der Waals surface area contributed by atoms with E-state index in [9.17, 15) is 4.79 Å². The van der Waals surface area contributed by atoms with E-state index in [0.717, 1.165) is 30.7 Å². The van der Waals surface area contributed by atoms with E-state index >= 15 is 0 Å². The van der Waals surface area contributed by atoms with Gasteiger partial charge >= 0.3 is 6.09 Å². The summed E-state index contributed by atoms with van der Waals surface area (Å²) < 4.78 is 5.24. The lowest BCUT2D eigenvalue weighted by molar-refractivity contribution is 0.131. The van der Waals surface area contributed by atoms with E-state index in [1.165, 1.54) is 6.42 Å². The van der Waals surface area contributed by atoms with Gasteiger partial charge in [0.25, 0.3) is 0 Å². The van der Waals surface area contributed by atoms with Crippen LogP contribution >= 0.6 is 0 Å². The van der Waals surface area contributed by atoms with Gasteiger partial charge in [-0.15, -0.1) is 0 Å². The molecule has 0 heterocycles. The van der Waals surface area contributed by atoms with Crippen molar-refractivity contribution in [2.45, 2.75) is 38.3 Å². The van der Waals surface area contributed by atoms with Gasteiger partial charge in [0.1, 0.15) is 6.61 Å². The van der Waals surface area contributed by atoms with Gasteiger partial charge < -0.3 is 15.8 Å². The van der Waals surface area contributed by atoms with Crippen LogP contribution in [-0.4, -0.2) is 18.7 Å². The summed E-state index contributed by atoms with van der Waals surface area (Å²) in [6.45, 7) is 0.965. The minimum absolute atomic E-state index is 0.121. The van der Waals surface area contributed by atoms with Gasteiger partial charge in [-0.1, -0.05) is 30.3 Å². The molecule has 1 amide bonds. The van der Waals surface area contributed by atoms with Crippen molar-refractivity contribution in [1.82, 2.24) is 5.32 Å². The normalized spacial score (nSPS) is 31.2. The highest BCUT2D eigenvalue weighted by Gasteiger charge is 2.50. The number of rotatable bonds is 4. The maximum Gasteiger partial charge on any atom is 0.407 e. The molecule has 2 aliphatic carbocycles. The van der Waals surface area contributed by atoms with Gasteiger partial charge in [0.2, 0.25) is 0 Å². The molecule has 0 saturated heterocycles. The Morgan fingerprint density at radius 1 is 1.40 bits per heavy atom. The van der Waals surface area contributed by atoms with Crippen LogP contribution in [0.5, 0.6) is 0 Å². The average molecular weight is 274 g/mol. The standard InChI is InChI=1S/C16H22N2O2/c17-14-8-13-6-7-16(14,9-13)11-18-15(19)20-10-12-4-2-1-3-5-12/h1-5,13-14H,6-11,17H2,(H,18,19). The Labute approximate surface area is 119 Å². The first-order valence-corrected chi connectivity index (χ1v) is 7.38. The van der Waals surface area contributed by atoms with Crippen molar-refractivity contribution in [3.63, 3.8) is 0 Å². The largest absolute Gasteiger partial charge is 0.445 e. The number of ether oxygens (including phenoxy) is 1. The van der Waals surface area contributed by atoms with Crippen LogP contribution in [0.2, 0.25) is 0 Å². The predicted molar refractivity (Wildman–Crippen MR) is 77.0 cm³/mol. The number of carbonyl (C=O) groups is 1. The van der Waals surface area contributed by atoms with Gasteiger partial charge in [0.05, 0.1) is 0 Å². The van der Waals surface area contributed by atoms with Crippen molar-refractivity contribution in [3.8, 4) is 0 Å². The Morgan fingerprint density at radius 2 is 2.20 bits per heavy atom. The highest BCUT2D eigenvalue weighted by molar-refractivity contribution is 5.67. The van der Waals surface area contributed by atoms with Gasteiger partial charge in [0.15, 0.2) is 0 Å². The number of amides is 1. The maximum absolute atomic E-state index is 11.8. The number of carbonyl (C=O) groups excluding carboxylic acids is 1. The molecule has 108 valence electrons. The first-order chi connectivity index (χ1) is 9.68. The lowest BCUT2D eigenvalue weighted by Crippen LogP contribution is -2.46. The smallest absolute Gasteiger partial charge is 0.407 e. The van der Waals surface area contributed by atoms with Gasteiger partial charge in [-0.25, -0.2) is 4.79 Å². The first-order valence-electron chi connectivity index (χ1n) is 7.38. The van der Waals surface area contributed by atoms with Crippen molar-refractivity contribution in [2.75, 3.05) is 6.54 Å². The number of nitrogens with two attached hydrogens (primary N) is 1. The summed E-state index contributed by atoms with van der Waals surface area (Å²) in [5, 5.41) is 2.90.